The van der Waals surface area contributed by atoms with E-state index in [0.29, 0.717) is 31.3 Å². The van der Waals surface area contributed by atoms with E-state index < -0.39 is 48.3 Å². The molecule has 0 saturated heterocycles. The number of hydrogen-bond donors (Lipinski definition) is 1. The Bertz CT molecular complexity index is 731. The van der Waals surface area contributed by atoms with Crippen LogP contribution >= 0.6 is 0 Å². The van der Waals surface area contributed by atoms with Gasteiger partial charge in [0.2, 0.25) is 0 Å². The van der Waals surface area contributed by atoms with Crippen molar-refractivity contribution in [3.8, 4) is 0 Å². The highest BCUT2D eigenvalue weighted by Crippen LogP contribution is 2.65. The minimum Gasteiger partial charge on any atom is -0.392 e. The minimum atomic E-state index is -2.47. The molecule has 0 aromatic rings. The van der Waals surface area contributed by atoms with Gasteiger partial charge in [0, 0.05) is 14.6 Å². The molecule has 3 unspecified atom stereocenters. The summed E-state index contributed by atoms with van der Waals surface area (Å²) in [6, 6.07) is 0. The molecule has 4 aliphatic carbocycles. The van der Waals surface area contributed by atoms with Gasteiger partial charge in [-0.05, 0) is 79.1 Å². The molecule has 0 aliphatic heterocycles. The van der Waals surface area contributed by atoms with Crippen LogP contribution in [0.5, 0.6) is 0 Å². The SMILES string of the molecule is [2H]C1C(=O)C=C2CC[C@H]3[C@@H]4CC([2H])(C)[C@H](O)[C@@]4(C)CC[C@@H]3[C@@]2(C([2H])([2H])[2H])C1[2H]. The number of hydrogen-bond acceptors (Lipinski definition) is 2. The van der Waals surface area contributed by atoms with Crippen LogP contribution in [0, 0.1) is 34.5 Å². The highest BCUT2D eigenvalue weighted by Gasteiger charge is 2.60. The molecule has 0 amide bonds. The van der Waals surface area contributed by atoms with Crippen LogP contribution in [0.3, 0.4) is 0 Å². The lowest BCUT2D eigenvalue weighted by molar-refractivity contribution is -0.118. The van der Waals surface area contributed by atoms with Crippen molar-refractivity contribution in [1.29, 1.82) is 0 Å². The fourth-order valence-electron chi connectivity index (χ4n) is 5.97. The smallest absolute Gasteiger partial charge is 0.155 e. The van der Waals surface area contributed by atoms with Gasteiger partial charge in [-0.1, -0.05) is 26.3 Å². The van der Waals surface area contributed by atoms with E-state index in [9.17, 15) is 9.90 Å². The molecular weight excluding hydrogens is 272 g/mol. The van der Waals surface area contributed by atoms with E-state index in [4.69, 9.17) is 8.22 Å². The van der Waals surface area contributed by atoms with Crippen molar-refractivity contribution < 1.29 is 18.1 Å². The van der Waals surface area contributed by atoms with Crippen LogP contribution in [-0.2, 0) is 4.79 Å². The molecule has 3 saturated carbocycles. The van der Waals surface area contributed by atoms with Gasteiger partial charge in [0.25, 0.3) is 0 Å². The molecule has 0 heterocycles. The van der Waals surface area contributed by atoms with Crippen LogP contribution in [0.1, 0.15) is 73.8 Å². The molecule has 0 aromatic carbocycles. The van der Waals surface area contributed by atoms with Crippen molar-refractivity contribution in [1.82, 2.24) is 0 Å². The summed E-state index contributed by atoms with van der Waals surface area (Å²) in [5, 5.41) is 10.9. The van der Waals surface area contributed by atoms with Crippen molar-refractivity contribution in [2.24, 2.45) is 34.5 Å². The van der Waals surface area contributed by atoms with E-state index >= 15 is 0 Å². The Morgan fingerprint density at radius 2 is 2.27 bits per heavy atom. The lowest BCUT2D eigenvalue weighted by atomic mass is 9.47. The van der Waals surface area contributed by atoms with Crippen LogP contribution in [0.15, 0.2) is 11.6 Å². The third kappa shape index (κ3) is 1.79. The van der Waals surface area contributed by atoms with Crippen LogP contribution in [0.2, 0.25) is 0 Å². The summed E-state index contributed by atoms with van der Waals surface area (Å²) < 4.78 is 50.7. The van der Waals surface area contributed by atoms with E-state index in [1.165, 1.54) is 6.08 Å². The van der Waals surface area contributed by atoms with Gasteiger partial charge in [-0.3, -0.25) is 4.79 Å². The summed E-state index contributed by atoms with van der Waals surface area (Å²) in [5.41, 5.74) is -1.35. The topological polar surface area (TPSA) is 37.3 Å². The summed E-state index contributed by atoms with van der Waals surface area (Å²) >= 11 is 0. The number of ketones is 1. The first kappa shape index (κ1) is 9.61. The molecular formula is C20H30O2. The molecule has 22 heavy (non-hydrogen) atoms. The predicted octanol–water partition coefficient (Wildman–Crippen LogP) is 4.13. The van der Waals surface area contributed by atoms with Crippen LogP contribution in [0.25, 0.3) is 0 Å². The average molecular weight is 308 g/mol. The fourth-order valence-corrected chi connectivity index (χ4v) is 5.97. The van der Waals surface area contributed by atoms with E-state index in [1.807, 2.05) is 6.92 Å². The Kier molecular flexibility index (Phi) is 2.05. The van der Waals surface area contributed by atoms with Crippen molar-refractivity contribution in [3.05, 3.63) is 11.6 Å². The predicted molar refractivity (Wildman–Crippen MR) is 87.3 cm³/mol. The highest BCUT2D eigenvalue weighted by atomic mass is 16.3. The van der Waals surface area contributed by atoms with Crippen molar-refractivity contribution in [2.75, 3.05) is 0 Å². The second-order valence-corrected chi connectivity index (χ2v) is 8.19. The first-order chi connectivity index (χ1) is 12.8. The molecule has 9 atom stereocenters. The Balaban J connectivity index is 1.85. The molecule has 3 fully saturated rings. The molecule has 1 N–H and O–H groups in total. The number of aliphatic hydroxyl groups excluding tert-OH is 1. The Hall–Kier alpha value is -0.630. The maximum absolute atomic E-state index is 12.2. The Morgan fingerprint density at radius 1 is 1.45 bits per heavy atom. The van der Waals surface area contributed by atoms with Crippen molar-refractivity contribution in [3.63, 3.8) is 0 Å². The zero-order valence-corrected chi connectivity index (χ0v) is 13.4. The number of aliphatic hydroxyl groups is 1. The summed E-state index contributed by atoms with van der Waals surface area (Å²) in [6.07, 6.45) is 0.788. The molecule has 0 spiro atoms. The monoisotopic (exact) mass is 308 g/mol. The molecule has 4 aliphatic rings. The maximum Gasteiger partial charge on any atom is 0.155 e. The van der Waals surface area contributed by atoms with Crippen molar-refractivity contribution >= 4 is 5.78 Å². The van der Waals surface area contributed by atoms with Crippen LogP contribution in [0.4, 0.5) is 0 Å². The van der Waals surface area contributed by atoms with Gasteiger partial charge in [-0.15, -0.1) is 0 Å². The number of carbonyl (C=O) groups excluding carboxylic acids is 1. The second-order valence-electron chi connectivity index (χ2n) is 8.19. The summed E-state index contributed by atoms with van der Waals surface area (Å²) in [4.78, 5) is 12.2. The third-order valence-corrected chi connectivity index (χ3v) is 7.20. The molecule has 0 aromatic heterocycles. The van der Waals surface area contributed by atoms with Crippen molar-refractivity contribution in [2.45, 2.75) is 71.7 Å². The fraction of sp³-hybridized carbons (Fsp3) is 0.850. The quantitative estimate of drug-likeness (QED) is 0.730. The second kappa shape index (κ2) is 4.69. The van der Waals surface area contributed by atoms with E-state index in [-0.39, 0.29) is 17.8 Å². The van der Waals surface area contributed by atoms with Gasteiger partial charge < -0.3 is 5.11 Å². The maximum atomic E-state index is 12.2. The number of allylic oxidation sites excluding steroid dienone is 1. The first-order valence-corrected chi connectivity index (χ1v) is 8.56. The van der Waals surface area contributed by atoms with Crippen LogP contribution < -0.4 is 0 Å². The highest BCUT2D eigenvalue weighted by molar-refractivity contribution is 5.91. The lowest BCUT2D eigenvalue weighted by Gasteiger charge is -2.57. The largest absolute Gasteiger partial charge is 0.392 e. The number of carbonyl (C=O) groups is 1. The van der Waals surface area contributed by atoms with E-state index in [2.05, 4.69) is 0 Å². The summed E-state index contributed by atoms with van der Waals surface area (Å²) in [7, 11) is 0. The van der Waals surface area contributed by atoms with Gasteiger partial charge >= 0.3 is 0 Å². The number of rotatable bonds is 0. The Morgan fingerprint density at radius 3 is 3.05 bits per heavy atom. The molecule has 4 rings (SSSR count). The van der Waals surface area contributed by atoms with E-state index in [1.54, 1.807) is 6.92 Å². The van der Waals surface area contributed by atoms with Gasteiger partial charge in [0.1, 0.15) is 0 Å². The molecule has 2 heteroatoms. The summed E-state index contributed by atoms with van der Waals surface area (Å²) in [5.74, 6) is -1.71. The normalized spacial score (nSPS) is 68.9. The number of fused-ring (bicyclic) bond motifs is 5. The van der Waals surface area contributed by atoms with E-state index in [0.717, 1.165) is 6.42 Å². The zero-order chi connectivity index (χ0) is 20.9. The van der Waals surface area contributed by atoms with Gasteiger partial charge in [0.05, 0.1) is 6.10 Å². The van der Waals surface area contributed by atoms with Gasteiger partial charge in [-0.25, -0.2) is 0 Å². The zero-order valence-electron chi connectivity index (χ0n) is 19.4. The third-order valence-electron chi connectivity index (χ3n) is 7.20. The first-order valence-electron chi connectivity index (χ1n) is 11.7. The summed E-state index contributed by atoms with van der Waals surface area (Å²) in [6.45, 7) is 1.32. The minimum absolute atomic E-state index is 0.00796. The average Bonchev–Trinajstić information content (AvgIpc) is 2.78. The Labute approximate surface area is 142 Å². The molecule has 0 bridgehead atoms. The van der Waals surface area contributed by atoms with Gasteiger partial charge in [-0.2, -0.15) is 0 Å². The molecule has 2 nitrogen and oxygen atoms in total. The standard InChI is InChI=1S/C20H30O2/c1-12-10-17-15-5-4-13-11-14(21)6-8-19(13,2)16(15)7-9-20(17,3)18(12)22/h11-12,15-18,22H,4-10H2,1-3H3/t12?,15-,16+,17+,18+,19+,20+/m1/s1/i2D3,6D,8D,12D/t6?,8?,12?,15-,16+,17+,18+,19+,20+. The van der Waals surface area contributed by atoms with Gasteiger partial charge in [0.15, 0.2) is 5.78 Å². The molecule has 0 radical (unpaired) electrons. The molecule has 122 valence electrons. The van der Waals surface area contributed by atoms with Crippen LogP contribution in [-0.4, -0.2) is 17.0 Å². The lowest BCUT2D eigenvalue weighted by Crippen LogP contribution is -2.51.